The Morgan fingerprint density at radius 1 is 1.14 bits per heavy atom. The van der Waals surface area contributed by atoms with E-state index in [9.17, 15) is 0 Å². The van der Waals surface area contributed by atoms with Gasteiger partial charge in [-0.1, -0.05) is 26.0 Å². The second kappa shape index (κ2) is 14.1. The summed E-state index contributed by atoms with van der Waals surface area (Å²) in [6.45, 7) is 15.8. The van der Waals surface area contributed by atoms with Crippen LogP contribution in [0.4, 0.5) is 0 Å². The minimum atomic E-state index is 0. The number of likely N-dealkylation sites (tertiary alicyclic amines) is 1. The van der Waals surface area contributed by atoms with Crippen LogP contribution in [0.5, 0.6) is 5.75 Å². The predicted molar refractivity (Wildman–Crippen MR) is 135 cm³/mol. The van der Waals surface area contributed by atoms with Crippen molar-refractivity contribution in [1.82, 2.24) is 15.5 Å². The molecule has 2 N–H and O–H groups in total. The van der Waals surface area contributed by atoms with E-state index in [1.165, 1.54) is 31.5 Å². The molecule has 0 aliphatic carbocycles. The quantitative estimate of drug-likeness (QED) is 0.292. The molecule has 0 aromatic heterocycles. The molecule has 0 saturated carbocycles. The Morgan fingerprint density at radius 3 is 2.34 bits per heavy atom. The first-order valence-electron chi connectivity index (χ1n) is 11.0. The zero-order chi connectivity index (χ0) is 20.4. The van der Waals surface area contributed by atoms with E-state index >= 15 is 0 Å². The molecule has 6 heteroatoms. The van der Waals surface area contributed by atoms with Gasteiger partial charge < -0.3 is 20.3 Å². The maximum atomic E-state index is 5.75. The van der Waals surface area contributed by atoms with E-state index in [-0.39, 0.29) is 24.0 Å². The molecule has 1 aliphatic heterocycles. The van der Waals surface area contributed by atoms with Crippen LogP contribution in [0.15, 0.2) is 29.3 Å². The number of rotatable bonds is 9. The fraction of sp³-hybridized carbons (Fsp3) is 0.696. The van der Waals surface area contributed by atoms with Crippen molar-refractivity contribution in [3.8, 4) is 5.75 Å². The fourth-order valence-electron chi connectivity index (χ4n) is 3.39. The number of hydrogen-bond acceptors (Lipinski definition) is 3. The van der Waals surface area contributed by atoms with Gasteiger partial charge in [-0.3, -0.25) is 4.99 Å². The molecule has 0 atom stereocenters. The maximum absolute atomic E-state index is 5.75. The van der Waals surface area contributed by atoms with Crippen LogP contribution in [0.3, 0.4) is 0 Å². The lowest BCUT2D eigenvalue weighted by Crippen LogP contribution is -2.49. The molecule has 5 nitrogen and oxygen atoms in total. The number of hydrogen-bond donors (Lipinski definition) is 2. The highest BCUT2D eigenvalue weighted by Gasteiger charge is 2.21. The van der Waals surface area contributed by atoms with Gasteiger partial charge in [0.25, 0.3) is 0 Å². The molecule has 0 unspecified atom stereocenters. The zero-order valence-electron chi connectivity index (χ0n) is 18.9. The van der Waals surface area contributed by atoms with Gasteiger partial charge in [-0.05, 0) is 63.6 Å². The van der Waals surface area contributed by atoms with E-state index in [0.717, 1.165) is 37.8 Å². The molecule has 1 heterocycles. The van der Waals surface area contributed by atoms with E-state index in [2.05, 4.69) is 74.4 Å². The number of benzene rings is 1. The standard InChI is InChI=1S/C23H40N4O.HI/c1-6-24-23(26-21-12-15-27(16-13-21)19(4)5)25-14-11-20-7-9-22(10-8-20)28-17-18(2)3;/h7-10,18-19,21H,6,11-17H2,1-5H3,(H2,24,25,26);1H. The lowest BCUT2D eigenvalue weighted by molar-refractivity contribution is 0.167. The van der Waals surface area contributed by atoms with E-state index in [1.54, 1.807) is 0 Å². The minimum Gasteiger partial charge on any atom is -0.493 e. The summed E-state index contributed by atoms with van der Waals surface area (Å²) in [7, 11) is 0. The molecule has 0 amide bonds. The molecule has 0 bridgehead atoms. The molecule has 1 aliphatic rings. The van der Waals surface area contributed by atoms with Crippen LogP contribution in [0.25, 0.3) is 0 Å². The molecule has 1 aromatic carbocycles. The second-order valence-corrected chi connectivity index (χ2v) is 8.41. The Labute approximate surface area is 195 Å². The summed E-state index contributed by atoms with van der Waals surface area (Å²) >= 11 is 0. The first-order chi connectivity index (χ1) is 13.5. The number of aliphatic imine (C=N–C) groups is 1. The largest absolute Gasteiger partial charge is 0.493 e. The molecular weight excluding hydrogens is 475 g/mol. The predicted octanol–water partition coefficient (Wildman–Crippen LogP) is 4.31. The third-order valence-electron chi connectivity index (χ3n) is 5.12. The molecule has 1 fully saturated rings. The summed E-state index contributed by atoms with van der Waals surface area (Å²) in [6, 6.07) is 9.58. The first-order valence-corrected chi connectivity index (χ1v) is 11.0. The smallest absolute Gasteiger partial charge is 0.191 e. The van der Waals surface area contributed by atoms with E-state index in [1.807, 2.05) is 0 Å². The van der Waals surface area contributed by atoms with Crippen molar-refractivity contribution < 1.29 is 4.74 Å². The average Bonchev–Trinajstić information content (AvgIpc) is 2.68. The summed E-state index contributed by atoms with van der Waals surface area (Å²) in [5, 5.41) is 7.02. The van der Waals surface area contributed by atoms with Gasteiger partial charge >= 0.3 is 0 Å². The van der Waals surface area contributed by atoms with Crippen LogP contribution >= 0.6 is 24.0 Å². The number of nitrogens with one attached hydrogen (secondary N) is 2. The number of piperidine rings is 1. The van der Waals surface area contributed by atoms with Crippen LogP contribution in [0, 0.1) is 5.92 Å². The third kappa shape index (κ3) is 10.0. The number of guanidine groups is 1. The molecule has 1 aromatic rings. The van der Waals surface area contributed by atoms with Crippen LogP contribution in [0.2, 0.25) is 0 Å². The van der Waals surface area contributed by atoms with Crippen LogP contribution in [0.1, 0.15) is 53.0 Å². The van der Waals surface area contributed by atoms with E-state index in [0.29, 0.717) is 18.0 Å². The Bertz CT molecular complexity index is 581. The monoisotopic (exact) mass is 516 g/mol. The minimum absolute atomic E-state index is 0. The van der Waals surface area contributed by atoms with Gasteiger partial charge in [-0.2, -0.15) is 0 Å². The van der Waals surface area contributed by atoms with Gasteiger partial charge in [0.2, 0.25) is 0 Å². The maximum Gasteiger partial charge on any atom is 0.191 e. The molecular formula is C23H41IN4O. The van der Waals surface area contributed by atoms with Gasteiger partial charge in [0, 0.05) is 38.3 Å². The van der Waals surface area contributed by atoms with Crippen molar-refractivity contribution >= 4 is 29.9 Å². The summed E-state index contributed by atoms with van der Waals surface area (Å²) in [5.74, 6) is 2.44. The SMILES string of the molecule is CCNC(=NCCc1ccc(OCC(C)C)cc1)NC1CCN(C(C)C)CC1.I. The summed E-state index contributed by atoms with van der Waals surface area (Å²) in [4.78, 5) is 7.34. The normalized spacial score (nSPS) is 16.0. The van der Waals surface area contributed by atoms with Crippen molar-refractivity contribution in [2.75, 3.05) is 32.8 Å². The highest BCUT2D eigenvalue weighted by Crippen LogP contribution is 2.14. The van der Waals surface area contributed by atoms with E-state index < -0.39 is 0 Å². The number of ether oxygens (including phenoxy) is 1. The molecule has 2 rings (SSSR count). The molecule has 0 spiro atoms. The van der Waals surface area contributed by atoms with Crippen LogP contribution in [-0.4, -0.2) is 55.7 Å². The Morgan fingerprint density at radius 2 is 1.79 bits per heavy atom. The third-order valence-corrected chi connectivity index (χ3v) is 5.12. The Kier molecular flexibility index (Phi) is 12.6. The topological polar surface area (TPSA) is 48.9 Å². The number of nitrogens with zero attached hydrogens (tertiary/aromatic N) is 2. The van der Waals surface area contributed by atoms with Crippen molar-refractivity contribution in [2.24, 2.45) is 10.9 Å². The Balaban J connectivity index is 0.00000420. The van der Waals surface area contributed by atoms with Crippen molar-refractivity contribution in [3.05, 3.63) is 29.8 Å². The average molecular weight is 517 g/mol. The van der Waals surface area contributed by atoms with Crippen molar-refractivity contribution in [1.29, 1.82) is 0 Å². The highest BCUT2D eigenvalue weighted by molar-refractivity contribution is 14.0. The lowest BCUT2D eigenvalue weighted by atomic mass is 10.0. The summed E-state index contributed by atoms with van der Waals surface area (Å²) in [5.41, 5.74) is 1.29. The fourth-order valence-corrected chi connectivity index (χ4v) is 3.39. The lowest BCUT2D eigenvalue weighted by Gasteiger charge is -2.35. The highest BCUT2D eigenvalue weighted by atomic mass is 127. The van der Waals surface area contributed by atoms with E-state index in [4.69, 9.17) is 9.73 Å². The zero-order valence-corrected chi connectivity index (χ0v) is 21.2. The van der Waals surface area contributed by atoms with Crippen molar-refractivity contribution in [3.63, 3.8) is 0 Å². The van der Waals surface area contributed by atoms with Crippen LogP contribution < -0.4 is 15.4 Å². The first kappa shape index (κ1) is 26.0. The molecule has 0 radical (unpaired) electrons. The Hall–Kier alpha value is -1.02. The van der Waals surface area contributed by atoms with Gasteiger partial charge in [-0.15, -0.1) is 24.0 Å². The molecule has 29 heavy (non-hydrogen) atoms. The van der Waals surface area contributed by atoms with Gasteiger partial charge in [-0.25, -0.2) is 0 Å². The second-order valence-electron chi connectivity index (χ2n) is 8.41. The number of halogens is 1. The van der Waals surface area contributed by atoms with Crippen molar-refractivity contribution in [2.45, 2.75) is 66.0 Å². The molecule has 166 valence electrons. The van der Waals surface area contributed by atoms with Crippen LogP contribution in [-0.2, 0) is 6.42 Å². The molecule has 1 saturated heterocycles. The van der Waals surface area contributed by atoms with Gasteiger partial charge in [0.05, 0.1) is 6.61 Å². The van der Waals surface area contributed by atoms with Gasteiger partial charge in [0.1, 0.15) is 5.75 Å². The summed E-state index contributed by atoms with van der Waals surface area (Å²) < 4.78 is 5.75. The van der Waals surface area contributed by atoms with Gasteiger partial charge in [0.15, 0.2) is 5.96 Å². The summed E-state index contributed by atoms with van der Waals surface area (Å²) in [6.07, 6.45) is 3.30.